The number of alkyl halides is 3. The molecule has 0 amide bonds. The lowest BCUT2D eigenvalue weighted by Gasteiger charge is -2.17. The molecule has 2 unspecified atom stereocenters. The largest absolute Gasteiger partial charge is 0.390 e. The summed E-state index contributed by atoms with van der Waals surface area (Å²) in [7, 11) is 1.54. The molecule has 1 aromatic heterocycles. The molecule has 1 aromatic rings. The summed E-state index contributed by atoms with van der Waals surface area (Å²) in [5, 5.41) is 7.00. The second-order valence-corrected chi connectivity index (χ2v) is 4.55. The van der Waals surface area contributed by atoms with E-state index in [2.05, 4.69) is 10.4 Å². The molecular weight excluding hydrogens is 243 g/mol. The molecule has 1 rings (SSSR count). The van der Waals surface area contributed by atoms with Gasteiger partial charge in [0, 0.05) is 24.7 Å². The molecular formula is C12H20F3N3. The first-order chi connectivity index (χ1) is 8.35. The van der Waals surface area contributed by atoms with E-state index in [0.717, 1.165) is 6.42 Å². The Morgan fingerprint density at radius 3 is 2.61 bits per heavy atom. The van der Waals surface area contributed by atoms with E-state index in [4.69, 9.17) is 0 Å². The van der Waals surface area contributed by atoms with Crippen LogP contribution in [0.1, 0.15) is 38.4 Å². The van der Waals surface area contributed by atoms with E-state index in [1.54, 1.807) is 17.8 Å². The molecule has 1 N–H and O–H groups in total. The van der Waals surface area contributed by atoms with Gasteiger partial charge in [-0.05, 0) is 26.5 Å². The lowest BCUT2D eigenvalue weighted by Crippen LogP contribution is -2.33. The number of nitrogens with zero attached hydrogens (tertiary/aromatic N) is 2. The van der Waals surface area contributed by atoms with Gasteiger partial charge in [0.2, 0.25) is 0 Å². The average Bonchev–Trinajstić information content (AvgIpc) is 2.73. The molecule has 2 atom stereocenters. The number of halogens is 3. The third-order valence-corrected chi connectivity index (χ3v) is 3.05. The fourth-order valence-corrected chi connectivity index (χ4v) is 1.73. The fraction of sp³-hybridized carbons (Fsp3) is 0.750. The van der Waals surface area contributed by atoms with E-state index in [9.17, 15) is 13.2 Å². The van der Waals surface area contributed by atoms with Crippen molar-refractivity contribution in [1.82, 2.24) is 15.1 Å². The summed E-state index contributed by atoms with van der Waals surface area (Å²) in [5.74, 6) is 0. The van der Waals surface area contributed by atoms with E-state index in [1.165, 1.54) is 0 Å². The van der Waals surface area contributed by atoms with Gasteiger partial charge in [0.25, 0.3) is 0 Å². The monoisotopic (exact) mass is 263 g/mol. The molecule has 0 fully saturated rings. The first kappa shape index (κ1) is 15.0. The van der Waals surface area contributed by atoms with Crippen molar-refractivity contribution >= 4 is 0 Å². The van der Waals surface area contributed by atoms with Crippen LogP contribution in [-0.2, 0) is 6.42 Å². The summed E-state index contributed by atoms with van der Waals surface area (Å²) >= 11 is 0. The highest BCUT2D eigenvalue weighted by atomic mass is 19.4. The molecule has 3 nitrogen and oxygen atoms in total. The van der Waals surface area contributed by atoms with Crippen LogP contribution in [0.3, 0.4) is 0 Å². The molecule has 0 aliphatic rings. The molecule has 0 saturated carbocycles. The molecule has 18 heavy (non-hydrogen) atoms. The Kier molecular flexibility index (Phi) is 5.19. The standard InChI is InChI=1S/C12H20F3N3/c1-4-9(2)18-6-5-10(17-18)7-11(16-3)8-12(13,14)15/h5-6,9,11,16H,4,7-8H2,1-3H3. The molecule has 6 heteroatoms. The van der Waals surface area contributed by atoms with Crippen molar-refractivity contribution in [3.63, 3.8) is 0 Å². The molecule has 0 spiro atoms. The summed E-state index contributed by atoms with van der Waals surface area (Å²) in [4.78, 5) is 0. The maximum atomic E-state index is 12.3. The summed E-state index contributed by atoms with van der Waals surface area (Å²) in [6.45, 7) is 4.08. The molecule has 0 aromatic carbocycles. The predicted octanol–water partition coefficient (Wildman–Crippen LogP) is 2.94. The van der Waals surface area contributed by atoms with Gasteiger partial charge in [0.05, 0.1) is 12.1 Å². The zero-order valence-corrected chi connectivity index (χ0v) is 11.0. The van der Waals surface area contributed by atoms with Gasteiger partial charge >= 0.3 is 6.18 Å². The lowest BCUT2D eigenvalue weighted by atomic mass is 10.1. The average molecular weight is 263 g/mol. The number of hydrogen-bond donors (Lipinski definition) is 1. The topological polar surface area (TPSA) is 29.9 Å². The van der Waals surface area contributed by atoms with Crippen molar-refractivity contribution in [3.05, 3.63) is 18.0 Å². The van der Waals surface area contributed by atoms with Gasteiger partial charge < -0.3 is 5.32 Å². The van der Waals surface area contributed by atoms with Gasteiger partial charge in [-0.15, -0.1) is 0 Å². The minimum absolute atomic E-state index is 0.273. The summed E-state index contributed by atoms with van der Waals surface area (Å²) in [5.41, 5.74) is 0.693. The molecule has 0 radical (unpaired) electrons. The van der Waals surface area contributed by atoms with E-state index in [1.807, 2.05) is 20.0 Å². The Labute approximate surface area is 105 Å². The first-order valence-corrected chi connectivity index (χ1v) is 6.13. The number of aromatic nitrogens is 2. The van der Waals surface area contributed by atoms with Gasteiger partial charge in [-0.25, -0.2) is 0 Å². The molecule has 0 saturated heterocycles. The van der Waals surface area contributed by atoms with E-state index < -0.39 is 18.6 Å². The van der Waals surface area contributed by atoms with Crippen molar-refractivity contribution < 1.29 is 13.2 Å². The van der Waals surface area contributed by atoms with Crippen LogP contribution in [0.5, 0.6) is 0 Å². The lowest BCUT2D eigenvalue weighted by molar-refractivity contribution is -0.139. The van der Waals surface area contributed by atoms with Crippen molar-refractivity contribution in [2.24, 2.45) is 0 Å². The highest BCUT2D eigenvalue weighted by molar-refractivity contribution is 5.02. The first-order valence-electron chi connectivity index (χ1n) is 6.13. The number of nitrogens with one attached hydrogen (secondary N) is 1. The van der Waals surface area contributed by atoms with Gasteiger partial charge in [-0.1, -0.05) is 6.92 Å². The molecule has 1 heterocycles. The van der Waals surface area contributed by atoms with Crippen LogP contribution in [0.2, 0.25) is 0 Å². The number of likely N-dealkylation sites (N-methyl/N-ethyl adjacent to an activating group) is 1. The normalized spacial score (nSPS) is 15.7. The fourth-order valence-electron chi connectivity index (χ4n) is 1.73. The molecule has 0 bridgehead atoms. The van der Waals surface area contributed by atoms with E-state index >= 15 is 0 Å². The van der Waals surface area contributed by atoms with Gasteiger partial charge in [-0.3, -0.25) is 4.68 Å². The molecule has 0 aliphatic heterocycles. The Bertz CT molecular complexity index is 360. The maximum absolute atomic E-state index is 12.3. The van der Waals surface area contributed by atoms with Crippen LogP contribution in [0, 0.1) is 0 Å². The van der Waals surface area contributed by atoms with Crippen LogP contribution >= 0.6 is 0 Å². The zero-order valence-electron chi connectivity index (χ0n) is 11.0. The Morgan fingerprint density at radius 1 is 1.44 bits per heavy atom. The van der Waals surface area contributed by atoms with Crippen LogP contribution in [0.25, 0.3) is 0 Å². The number of hydrogen-bond acceptors (Lipinski definition) is 2. The van der Waals surface area contributed by atoms with Crippen LogP contribution in [0.15, 0.2) is 12.3 Å². The second-order valence-electron chi connectivity index (χ2n) is 4.55. The van der Waals surface area contributed by atoms with Crippen LogP contribution < -0.4 is 5.32 Å². The summed E-state index contributed by atoms with van der Waals surface area (Å²) in [6, 6.07) is 1.44. The SMILES string of the molecule is CCC(C)n1ccc(CC(CC(F)(F)F)NC)n1. The van der Waals surface area contributed by atoms with E-state index in [0.29, 0.717) is 12.1 Å². The smallest absolute Gasteiger partial charge is 0.316 e. The third-order valence-electron chi connectivity index (χ3n) is 3.05. The second kappa shape index (κ2) is 6.22. The van der Waals surface area contributed by atoms with Gasteiger partial charge in [0.15, 0.2) is 0 Å². The minimum Gasteiger partial charge on any atom is -0.316 e. The quantitative estimate of drug-likeness (QED) is 0.855. The number of rotatable bonds is 6. The zero-order chi connectivity index (χ0) is 13.8. The van der Waals surface area contributed by atoms with Crippen molar-refractivity contribution in [3.8, 4) is 0 Å². The highest BCUT2D eigenvalue weighted by Gasteiger charge is 2.31. The van der Waals surface area contributed by atoms with E-state index in [-0.39, 0.29) is 6.04 Å². The van der Waals surface area contributed by atoms with Crippen LogP contribution in [-0.4, -0.2) is 29.0 Å². The molecule has 0 aliphatic carbocycles. The highest BCUT2D eigenvalue weighted by Crippen LogP contribution is 2.23. The van der Waals surface area contributed by atoms with Crippen molar-refractivity contribution in [2.75, 3.05) is 7.05 Å². The third kappa shape index (κ3) is 4.68. The van der Waals surface area contributed by atoms with Crippen LogP contribution in [0.4, 0.5) is 13.2 Å². The van der Waals surface area contributed by atoms with Gasteiger partial charge in [0.1, 0.15) is 0 Å². The van der Waals surface area contributed by atoms with Crippen molar-refractivity contribution in [2.45, 2.75) is 51.4 Å². The van der Waals surface area contributed by atoms with Gasteiger partial charge in [-0.2, -0.15) is 18.3 Å². The maximum Gasteiger partial charge on any atom is 0.390 e. The summed E-state index contributed by atoms with van der Waals surface area (Å²) < 4.78 is 38.8. The minimum atomic E-state index is -4.15. The Hall–Kier alpha value is -1.04. The summed E-state index contributed by atoms with van der Waals surface area (Å²) in [6.07, 6.45) is -1.92. The Morgan fingerprint density at radius 2 is 2.11 bits per heavy atom. The molecule has 104 valence electrons. The van der Waals surface area contributed by atoms with Crippen molar-refractivity contribution in [1.29, 1.82) is 0 Å². The predicted molar refractivity (Wildman–Crippen MR) is 64.5 cm³/mol. The Balaban J connectivity index is 2.62.